The van der Waals surface area contributed by atoms with Gasteiger partial charge in [0.2, 0.25) is 12.7 Å². The van der Waals surface area contributed by atoms with E-state index in [1.54, 1.807) is 0 Å². The number of anilines is 1. The van der Waals surface area contributed by atoms with Crippen LogP contribution in [0.1, 0.15) is 16.7 Å². The van der Waals surface area contributed by atoms with Gasteiger partial charge in [-0.05, 0) is 34.4 Å². The maximum Gasteiger partial charge on any atom is 0.246 e. The molecule has 1 atom stereocenters. The lowest BCUT2D eigenvalue weighted by Gasteiger charge is -2.23. The van der Waals surface area contributed by atoms with Crippen LogP contribution in [0.25, 0.3) is 11.1 Å². The number of rotatable bonds is 3. The second-order valence-corrected chi connectivity index (χ2v) is 8.87. The summed E-state index contributed by atoms with van der Waals surface area (Å²) in [5.41, 5.74) is 5.27. The first kappa shape index (κ1) is 19.2. The number of hydrogen-bond acceptors (Lipinski definition) is 4. The van der Waals surface area contributed by atoms with Crippen LogP contribution in [0.4, 0.5) is 5.69 Å². The fraction of sp³-hybridized carbons (Fsp3) is 0.138. The van der Waals surface area contributed by atoms with E-state index in [0.717, 1.165) is 27.9 Å². The minimum Gasteiger partial charge on any atom is -0.491 e. The Kier molecular flexibility index (Phi) is 4.03. The van der Waals surface area contributed by atoms with Crippen LogP contribution in [0, 0.1) is 0 Å². The van der Waals surface area contributed by atoms with Crippen molar-refractivity contribution >= 4 is 11.6 Å². The Balaban J connectivity index is 1.27. The van der Waals surface area contributed by atoms with Crippen LogP contribution in [0.5, 0.6) is 17.2 Å². The van der Waals surface area contributed by atoms with Crippen molar-refractivity contribution in [3.63, 3.8) is 0 Å². The molecule has 0 N–H and O–H groups in total. The zero-order chi connectivity index (χ0) is 22.7. The number of carbonyl (C=O) groups is 1. The summed E-state index contributed by atoms with van der Waals surface area (Å²) < 4.78 is 17.2. The Morgan fingerprint density at radius 3 is 2.24 bits per heavy atom. The molecule has 0 aliphatic carbocycles. The highest BCUT2D eigenvalue weighted by atomic mass is 16.7. The second kappa shape index (κ2) is 7.12. The number of fused-ring (bicyclic) bond motifs is 5. The Morgan fingerprint density at radius 1 is 0.706 bits per heavy atom. The van der Waals surface area contributed by atoms with Crippen LogP contribution in [0.2, 0.25) is 0 Å². The maximum atomic E-state index is 14.1. The average molecular weight is 447 g/mol. The third-order valence-electron chi connectivity index (χ3n) is 7.05. The van der Waals surface area contributed by atoms with Crippen molar-refractivity contribution in [3.8, 4) is 28.4 Å². The van der Waals surface area contributed by atoms with Gasteiger partial charge in [0.25, 0.3) is 0 Å². The maximum absolute atomic E-state index is 14.1. The second-order valence-electron chi connectivity index (χ2n) is 8.87. The van der Waals surface area contributed by atoms with E-state index in [2.05, 4.69) is 36.4 Å². The van der Waals surface area contributed by atoms with Crippen LogP contribution in [0.15, 0.2) is 91.0 Å². The molecule has 5 nitrogen and oxygen atoms in total. The van der Waals surface area contributed by atoms with Crippen molar-refractivity contribution in [2.24, 2.45) is 0 Å². The minimum atomic E-state index is -0.878. The molecule has 1 unspecified atom stereocenters. The molecular formula is C29H21NO4. The lowest BCUT2D eigenvalue weighted by atomic mass is 9.77. The topological polar surface area (TPSA) is 48.0 Å². The van der Waals surface area contributed by atoms with Gasteiger partial charge in [-0.3, -0.25) is 4.79 Å². The van der Waals surface area contributed by atoms with E-state index in [1.807, 2.05) is 59.5 Å². The number of carbonyl (C=O) groups excluding carboxylic acids is 1. The molecule has 7 rings (SSSR count). The Labute approximate surface area is 197 Å². The Hall–Kier alpha value is -4.25. The number of hydrogen-bond donors (Lipinski definition) is 0. The van der Waals surface area contributed by atoms with Gasteiger partial charge in [0.1, 0.15) is 17.8 Å². The lowest BCUT2D eigenvalue weighted by Crippen LogP contribution is -2.42. The normalized spacial score (nSPS) is 19.3. The minimum absolute atomic E-state index is 0.0263. The summed E-state index contributed by atoms with van der Waals surface area (Å²) in [7, 11) is 0. The van der Waals surface area contributed by atoms with Crippen molar-refractivity contribution < 1.29 is 19.0 Å². The predicted octanol–water partition coefficient (Wildman–Crippen LogP) is 5.31. The van der Waals surface area contributed by atoms with Gasteiger partial charge in [-0.25, -0.2) is 0 Å². The molecule has 0 radical (unpaired) electrons. The zero-order valence-corrected chi connectivity index (χ0v) is 18.4. The van der Waals surface area contributed by atoms with Gasteiger partial charge < -0.3 is 19.1 Å². The summed E-state index contributed by atoms with van der Waals surface area (Å²) in [5.74, 6) is 2.02. The monoisotopic (exact) mass is 447 g/mol. The standard InChI is InChI=1S/C29H21NO4/c31-28-29(17-32-25-15-27-26(14-23(25)29)33-18-34-27)22-8-4-5-9-24(22)30(28)16-19-10-12-21(13-11-19)20-6-2-1-3-7-20/h1-15H,16-18H2. The molecule has 4 aromatic carbocycles. The van der Waals surface area contributed by atoms with E-state index in [1.165, 1.54) is 5.56 Å². The molecule has 0 aromatic heterocycles. The molecule has 4 aromatic rings. The molecule has 0 saturated heterocycles. The molecule has 0 fully saturated rings. The largest absolute Gasteiger partial charge is 0.491 e. The van der Waals surface area contributed by atoms with Gasteiger partial charge >= 0.3 is 0 Å². The summed E-state index contributed by atoms with van der Waals surface area (Å²) in [6.45, 7) is 0.942. The van der Waals surface area contributed by atoms with E-state index in [0.29, 0.717) is 23.8 Å². The van der Waals surface area contributed by atoms with Gasteiger partial charge in [0.05, 0.1) is 6.54 Å². The lowest BCUT2D eigenvalue weighted by molar-refractivity contribution is -0.122. The first-order valence-electron chi connectivity index (χ1n) is 11.4. The van der Waals surface area contributed by atoms with Gasteiger partial charge in [-0.1, -0.05) is 72.8 Å². The van der Waals surface area contributed by atoms with E-state index in [-0.39, 0.29) is 19.3 Å². The Bertz CT molecular complexity index is 1430. The number of para-hydroxylation sites is 1. The third-order valence-corrected chi connectivity index (χ3v) is 7.05. The van der Waals surface area contributed by atoms with Crippen molar-refractivity contribution in [2.45, 2.75) is 12.0 Å². The number of nitrogens with zero attached hydrogens (tertiary/aromatic N) is 1. The quantitative estimate of drug-likeness (QED) is 0.427. The fourth-order valence-electron chi connectivity index (χ4n) is 5.34. The summed E-state index contributed by atoms with van der Waals surface area (Å²) in [4.78, 5) is 16.0. The van der Waals surface area contributed by atoms with Crippen molar-refractivity contribution in [1.29, 1.82) is 0 Å². The van der Waals surface area contributed by atoms with E-state index in [4.69, 9.17) is 14.2 Å². The molecule has 3 heterocycles. The van der Waals surface area contributed by atoms with Gasteiger partial charge in [-0.15, -0.1) is 0 Å². The highest BCUT2D eigenvalue weighted by Gasteiger charge is 2.57. The summed E-state index contributed by atoms with van der Waals surface area (Å²) in [6, 6.07) is 30.5. The highest BCUT2D eigenvalue weighted by molar-refractivity contribution is 6.11. The molecule has 3 aliphatic heterocycles. The van der Waals surface area contributed by atoms with Gasteiger partial charge in [-0.2, -0.15) is 0 Å². The van der Waals surface area contributed by atoms with Crippen LogP contribution in [0.3, 0.4) is 0 Å². The average Bonchev–Trinajstić information content (AvgIpc) is 3.56. The van der Waals surface area contributed by atoms with Gasteiger partial charge in [0, 0.05) is 17.3 Å². The first-order valence-corrected chi connectivity index (χ1v) is 11.4. The summed E-state index contributed by atoms with van der Waals surface area (Å²) in [6.07, 6.45) is 0. The van der Waals surface area contributed by atoms with E-state index in [9.17, 15) is 4.79 Å². The van der Waals surface area contributed by atoms with Crippen LogP contribution < -0.4 is 19.1 Å². The molecule has 0 bridgehead atoms. The highest BCUT2D eigenvalue weighted by Crippen LogP contribution is 2.55. The van der Waals surface area contributed by atoms with Crippen molar-refractivity contribution in [3.05, 3.63) is 108 Å². The van der Waals surface area contributed by atoms with Crippen LogP contribution in [-0.4, -0.2) is 19.3 Å². The number of benzene rings is 4. The van der Waals surface area contributed by atoms with Gasteiger partial charge in [0.15, 0.2) is 11.5 Å². The first-order chi connectivity index (χ1) is 16.7. The van der Waals surface area contributed by atoms with Crippen LogP contribution >= 0.6 is 0 Å². The number of ether oxygens (including phenoxy) is 3. The predicted molar refractivity (Wildman–Crippen MR) is 128 cm³/mol. The molecule has 5 heteroatoms. The van der Waals surface area contributed by atoms with E-state index >= 15 is 0 Å². The molecule has 166 valence electrons. The summed E-state index contributed by atoms with van der Waals surface area (Å²) >= 11 is 0. The van der Waals surface area contributed by atoms with E-state index < -0.39 is 5.41 Å². The van der Waals surface area contributed by atoms with Crippen molar-refractivity contribution in [2.75, 3.05) is 18.3 Å². The molecule has 3 aliphatic rings. The Morgan fingerprint density at radius 2 is 1.41 bits per heavy atom. The number of amides is 1. The molecule has 1 amide bonds. The smallest absolute Gasteiger partial charge is 0.246 e. The SMILES string of the molecule is O=C1N(Cc2ccc(-c3ccccc3)cc2)c2ccccc2C12COc1cc3c(cc12)OCO3. The zero-order valence-electron chi connectivity index (χ0n) is 18.4. The summed E-state index contributed by atoms with van der Waals surface area (Å²) in [5, 5.41) is 0. The van der Waals surface area contributed by atoms with Crippen molar-refractivity contribution in [1.82, 2.24) is 0 Å². The molecule has 0 saturated carbocycles. The van der Waals surface area contributed by atoms with Crippen LogP contribution in [-0.2, 0) is 16.8 Å². The molecule has 34 heavy (non-hydrogen) atoms. The fourth-order valence-corrected chi connectivity index (χ4v) is 5.34. The molecular weight excluding hydrogens is 426 g/mol. The third kappa shape index (κ3) is 2.64. The molecule has 1 spiro atoms.